The second kappa shape index (κ2) is 5.54. The van der Waals surface area contributed by atoms with Crippen molar-refractivity contribution < 1.29 is 4.79 Å². The zero-order valence-corrected chi connectivity index (χ0v) is 9.50. The van der Waals surface area contributed by atoms with Crippen molar-refractivity contribution in [1.82, 2.24) is 5.43 Å². The van der Waals surface area contributed by atoms with E-state index in [0.29, 0.717) is 11.0 Å². The Labute approximate surface area is 87.1 Å². The van der Waals surface area contributed by atoms with E-state index >= 15 is 0 Å². The van der Waals surface area contributed by atoms with Crippen LogP contribution in [0.15, 0.2) is 5.10 Å². The fourth-order valence-electron chi connectivity index (χ4n) is 1.08. The highest BCUT2D eigenvalue weighted by Crippen LogP contribution is 2.22. The van der Waals surface area contributed by atoms with Gasteiger partial charge in [-0.25, -0.2) is 5.43 Å². The van der Waals surface area contributed by atoms with E-state index < -0.39 is 0 Å². The molecule has 5 heteroatoms. The van der Waals surface area contributed by atoms with Crippen molar-refractivity contribution in [1.29, 1.82) is 0 Å². The first kappa shape index (κ1) is 10.9. The molecule has 1 heterocycles. The van der Waals surface area contributed by atoms with Crippen molar-refractivity contribution >= 4 is 35.1 Å². The predicted octanol–water partition coefficient (Wildman–Crippen LogP) is 1.35. The Morgan fingerprint density at radius 1 is 1.85 bits per heavy atom. The highest BCUT2D eigenvalue weighted by Gasteiger charge is 2.18. The monoisotopic (exact) mass is 218 g/mol. The third kappa shape index (κ3) is 3.60. The normalized spacial score (nSPS) is 25.1. The van der Waals surface area contributed by atoms with Gasteiger partial charge in [0, 0.05) is 5.25 Å². The quantitative estimate of drug-likeness (QED) is 0.727. The Morgan fingerprint density at radius 2 is 2.62 bits per heavy atom. The SMILES string of the molecule is CSCC(=O)N/N=C1/CCSC1C. The van der Waals surface area contributed by atoms with E-state index in [9.17, 15) is 4.79 Å². The highest BCUT2D eigenvalue weighted by atomic mass is 32.2. The number of hydrogen-bond donors (Lipinski definition) is 1. The number of rotatable bonds is 3. The molecule has 1 unspecified atom stereocenters. The smallest absolute Gasteiger partial charge is 0.250 e. The minimum absolute atomic E-state index is 0.0101. The molecule has 1 saturated heterocycles. The first-order chi connectivity index (χ1) is 6.24. The summed E-state index contributed by atoms with van der Waals surface area (Å²) < 4.78 is 0. The van der Waals surface area contributed by atoms with Crippen LogP contribution in [0.5, 0.6) is 0 Å². The van der Waals surface area contributed by atoms with E-state index in [1.807, 2.05) is 18.0 Å². The molecule has 1 N–H and O–H groups in total. The summed E-state index contributed by atoms with van der Waals surface area (Å²) in [6, 6.07) is 0. The molecular formula is C8H14N2OS2. The fourth-order valence-corrected chi connectivity index (χ4v) is 2.45. The minimum atomic E-state index is -0.0101. The van der Waals surface area contributed by atoms with Crippen LogP contribution in [0, 0.1) is 0 Å². The molecule has 0 aliphatic carbocycles. The van der Waals surface area contributed by atoms with Gasteiger partial charge in [-0.15, -0.1) is 0 Å². The van der Waals surface area contributed by atoms with Crippen molar-refractivity contribution in [3.63, 3.8) is 0 Å². The number of hydrogen-bond acceptors (Lipinski definition) is 4. The average molecular weight is 218 g/mol. The van der Waals surface area contributed by atoms with Gasteiger partial charge < -0.3 is 0 Å². The summed E-state index contributed by atoms with van der Waals surface area (Å²) in [4.78, 5) is 11.1. The number of nitrogens with zero attached hydrogens (tertiary/aromatic N) is 1. The number of carbonyl (C=O) groups excluding carboxylic acids is 1. The summed E-state index contributed by atoms with van der Waals surface area (Å²) in [7, 11) is 0. The number of hydrazone groups is 1. The summed E-state index contributed by atoms with van der Waals surface area (Å²) in [5, 5.41) is 4.57. The van der Waals surface area contributed by atoms with Crippen LogP contribution in [0.3, 0.4) is 0 Å². The Bertz CT molecular complexity index is 218. The topological polar surface area (TPSA) is 41.5 Å². The summed E-state index contributed by atoms with van der Waals surface area (Å²) in [5.74, 6) is 1.60. The minimum Gasteiger partial charge on any atom is -0.272 e. The average Bonchev–Trinajstić information content (AvgIpc) is 2.48. The molecule has 0 spiro atoms. The van der Waals surface area contributed by atoms with Crippen molar-refractivity contribution in [2.24, 2.45) is 5.10 Å². The summed E-state index contributed by atoms with van der Waals surface area (Å²) in [6.45, 7) is 2.12. The van der Waals surface area contributed by atoms with Crippen molar-refractivity contribution in [2.75, 3.05) is 17.8 Å². The van der Waals surface area contributed by atoms with Gasteiger partial charge in [-0.1, -0.05) is 0 Å². The van der Waals surface area contributed by atoms with Crippen LogP contribution in [0.2, 0.25) is 0 Å². The van der Waals surface area contributed by atoms with Gasteiger partial charge in [-0.2, -0.15) is 28.6 Å². The molecule has 1 aliphatic rings. The molecule has 1 atom stereocenters. The Kier molecular flexibility index (Phi) is 4.66. The molecule has 3 nitrogen and oxygen atoms in total. The van der Waals surface area contributed by atoms with Crippen LogP contribution >= 0.6 is 23.5 Å². The zero-order chi connectivity index (χ0) is 9.68. The van der Waals surface area contributed by atoms with Gasteiger partial charge in [0.2, 0.25) is 5.91 Å². The lowest BCUT2D eigenvalue weighted by molar-refractivity contribution is -0.118. The lowest BCUT2D eigenvalue weighted by atomic mass is 10.2. The maximum absolute atomic E-state index is 11.1. The lowest BCUT2D eigenvalue weighted by Gasteiger charge is -2.02. The van der Waals surface area contributed by atoms with E-state index in [1.54, 1.807) is 0 Å². The number of thioether (sulfide) groups is 2. The predicted molar refractivity (Wildman–Crippen MR) is 60.5 cm³/mol. The van der Waals surface area contributed by atoms with E-state index in [4.69, 9.17) is 0 Å². The second-order valence-electron chi connectivity index (χ2n) is 2.83. The van der Waals surface area contributed by atoms with Crippen LogP contribution in [0.4, 0.5) is 0 Å². The maximum Gasteiger partial charge on any atom is 0.250 e. The largest absolute Gasteiger partial charge is 0.272 e. The molecular weight excluding hydrogens is 204 g/mol. The lowest BCUT2D eigenvalue weighted by Crippen LogP contribution is -2.22. The van der Waals surface area contributed by atoms with Gasteiger partial charge in [-0.05, 0) is 25.4 Å². The Morgan fingerprint density at radius 3 is 3.15 bits per heavy atom. The van der Waals surface area contributed by atoms with Crippen LogP contribution in [0.25, 0.3) is 0 Å². The zero-order valence-electron chi connectivity index (χ0n) is 7.87. The summed E-state index contributed by atoms with van der Waals surface area (Å²) in [6.07, 6.45) is 2.91. The van der Waals surface area contributed by atoms with Gasteiger partial charge in [0.1, 0.15) is 0 Å². The summed E-state index contributed by atoms with van der Waals surface area (Å²) >= 11 is 3.39. The molecule has 0 radical (unpaired) electrons. The van der Waals surface area contributed by atoms with Crippen molar-refractivity contribution in [2.45, 2.75) is 18.6 Å². The van der Waals surface area contributed by atoms with Gasteiger partial charge in [0.05, 0.1) is 11.5 Å². The molecule has 1 fully saturated rings. The Hall–Kier alpha value is -0.160. The summed E-state index contributed by atoms with van der Waals surface area (Å²) in [5.41, 5.74) is 3.68. The molecule has 1 aliphatic heterocycles. The third-order valence-corrected chi connectivity index (χ3v) is 3.56. The van der Waals surface area contributed by atoms with Crippen molar-refractivity contribution in [3.05, 3.63) is 0 Å². The highest BCUT2D eigenvalue weighted by molar-refractivity contribution is 8.01. The molecule has 1 rings (SSSR count). The second-order valence-corrected chi connectivity index (χ2v) is 5.15. The molecule has 0 bridgehead atoms. The Balaban J connectivity index is 2.34. The number of nitrogens with one attached hydrogen (secondary N) is 1. The number of amides is 1. The van der Waals surface area contributed by atoms with Gasteiger partial charge in [-0.3, -0.25) is 4.79 Å². The molecule has 0 aromatic heterocycles. The molecule has 0 saturated carbocycles. The van der Waals surface area contributed by atoms with Gasteiger partial charge in [0.25, 0.3) is 0 Å². The maximum atomic E-state index is 11.1. The third-order valence-electron chi connectivity index (χ3n) is 1.79. The molecule has 0 aromatic carbocycles. The molecule has 74 valence electrons. The van der Waals surface area contributed by atoms with E-state index in [0.717, 1.165) is 17.9 Å². The number of carbonyl (C=O) groups is 1. The molecule has 1 amide bonds. The molecule has 13 heavy (non-hydrogen) atoms. The van der Waals surface area contributed by atoms with E-state index in [1.165, 1.54) is 11.8 Å². The molecule has 0 aromatic rings. The van der Waals surface area contributed by atoms with E-state index in [2.05, 4.69) is 17.5 Å². The van der Waals surface area contributed by atoms with Crippen LogP contribution in [-0.2, 0) is 4.79 Å². The van der Waals surface area contributed by atoms with Gasteiger partial charge >= 0.3 is 0 Å². The standard InChI is InChI=1S/C8H14N2OS2/c1-6-7(3-4-13-6)9-10-8(11)5-12-2/h6H,3-5H2,1-2H3,(H,10,11)/b9-7-. The first-order valence-corrected chi connectivity index (χ1v) is 6.64. The van der Waals surface area contributed by atoms with Crippen LogP contribution in [0.1, 0.15) is 13.3 Å². The van der Waals surface area contributed by atoms with Crippen LogP contribution < -0.4 is 5.43 Å². The van der Waals surface area contributed by atoms with Gasteiger partial charge in [0.15, 0.2) is 0 Å². The van der Waals surface area contributed by atoms with Crippen LogP contribution in [-0.4, -0.2) is 34.6 Å². The van der Waals surface area contributed by atoms with E-state index in [-0.39, 0.29) is 5.91 Å². The first-order valence-electron chi connectivity index (χ1n) is 4.20. The van der Waals surface area contributed by atoms with Crippen molar-refractivity contribution in [3.8, 4) is 0 Å². The fraction of sp³-hybridized carbons (Fsp3) is 0.750.